The van der Waals surface area contributed by atoms with Gasteiger partial charge in [-0.05, 0) is 31.5 Å². The van der Waals surface area contributed by atoms with Crippen LogP contribution in [0.25, 0.3) is 0 Å². The van der Waals surface area contributed by atoms with Crippen LogP contribution >= 0.6 is 0 Å². The van der Waals surface area contributed by atoms with E-state index in [2.05, 4.69) is 10.3 Å². The van der Waals surface area contributed by atoms with E-state index >= 15 is 0 Å². The van der Waals surface area contributed by atoms with Gasteiger partial charge in [0.25, 0.3) is 0 Å². The van der Waals surface area contributed by atoms with Gasteiger partial charge in [-0.2, -0.15) is 0 Å². The van der Waals surface area contributed by atoms with Crippen LogP contribution in [0.3, 0.4) is 0 Å². The number of anilines is 1. The van der Waals surface area contributed by atoms with Gasteiger partial charge in [-0.1, -0.05) is 6.42 Å². The van der Waals surface area contributed by atoms with Crippen molar-refractivity contribution in [1.29, 1.82) is 0 Å². The molecule has 0 aromatic carbocycles. The Morgan fingerprint density at radius 3 is 3.08 bits per heavy atom. The van der Waals surface area contributed by atoms with Crippen molar-refractivity contribution in [3.8, 4) is 0 Å². The van der Waals surface area contributed by atoms with Crippen LogP contribution in [0.4, 0.5) is 5.69 Å². The van der Waals surface area contributed by atoms with E-state index in [9.17, 15) is 0 Å². The molecule has 0 spiro atoms. The molecule has 0 aliphatic carbocycles. The van der Waals surface area contributed by atoms with Crippen LogP contribution < -0.4 is 11.1 Å². The van der Waals surface area contributed by atoms with E-state index in [1.807, 2.05) is 18.3 Å². The molecular formula is C10H15N3. The van der Waals surface area contributed by atoms with Crippen molar-refractivity contribution in [3.05, 3.63) is 24.0 Å². The fourth-order valence-corrected chi connectivity index (χ4v) is 1.81. The fourth-order valence-electron chi connectivity index (χ4n) is 1.81. The van der Waals surface area contributed by atoms with Gasteiger partial charge >= 0.3 is 0 Å². The molecule has 1 atom stereocenters. The number of aromatic nitrogens is 1. The molecule has 2 heterocycles. The minimum atomic E-state index is 0.370. The number of nitrogens with one attached hydrogen (secondary N) is 1. The number of nitrogen functional groups attached to an aromatic ring is 1. The molecule has 3 nitrogen and oxygen atoms in total. The maximum atomic E-state index is 5.85. The van der Waals surface area contributed by atoms with Crippen LogP contribution in [0.2, 0.25) is 0 Å². The molecule has 0 radical (unpaired) electrons. The quantitative estimate of drug-likeness (QED) is 0.683. The number of rotatable bonds is 1. The Morgan fingerprint density at radius 2 is 2.38 bits per heavy atom. The van der Waals surface area contributed by atoms with Crippen molar-refractivity contribution in [2.24, 2.45) is 0 Å². The maximum Gasteiger partial charge on any atom is 0.0801 e. The van der Waals surface area contributed by atoms with Gasteiger partial charge in [-0.25, -0.2) is 0 Å². The molecule has 1 aromatic rings. The Hall–Kier alpha value is -1.09. The van der Waals surface area contributed by atoms with Gasteiger partial charge in [-0.15, -0.1) is 0 Å². The largest absolute Gasteiger partial charge is 0.397 e. The Kier molecular flexibility index (Phi) is 2.45. The smallest absolute Gasteiger partial charge is 0.0801 e. The van der Waals surface area contributed by atoms with Crippen molar-refractivity contribution in [3.63, 3.8) is 0 Å². The molecule has 1 unspecified atom stereocenters. The third-order valence-corrected chi connectivity index (χ3v) is 2.51. The molecule has 0 saturated carbocycles. The van der Waals surface area contributed by atoms with Gasteiger partial charge in [0, 0.05) is 6.20 Å². The molecule has 0 amide bonds. The first-order valence-corrected chi connectivity index (χ1v) is 4.81. The molecule has 2 rings (SSSR count). The predicted molar refractivity (Wildman–Crippen MR) is 53.2 cm³/mol. The molecular weight excluding hydrogens is 162 g/mol. The monoisotopic (exact) mass is 177 g/mol. The second-order valence-corrected chi connectivity index (χ2v) is 3.48. The van der Waals surface area contributed by atoms with E-state index in [4.69, 9.17) is 5.73 Å². The Balaban J connectivity index is 2.18. The highest BCUT2D eigenvalue weighted by molar-refractivity contribution is 5.43. The van der Waals surface area contributed by atoms with E-state index in [-0.39, 0.29) is 0 Å². The lowest BCUT2D eigenvalue weighted by molar-refractivity contribution is 0.406. The summed E-state index contributed by atoms with van der Waals surface area (Å²) in [6, 6.07) is 4.16. The molecule has 70 valence electrons. The van der Waals surface area contributed by atoms with Crippen molar-refractivity contribution < 1.29 is 0 Å². The average Bonchev–Trinajstić information content (AvgIpc) is 2.20. The Bertz CT molecular complexity index is 279. The number of nitrogens with zero attached hydrogens (tertiary/aromatic N) is 1. The minimum absolute atomic E-state index is 0.370. The van der Waals surface area contributed by atoms with Gasteiger partial charge < -0.3 is 11.1 Å². The van der Waals surface area contributed by atoms with Gasteiger partial charge in [0.2, 0.25) is 0 Å². The molecule has 3 N–H and O–H groups in total. The third-order valence-electron chi connectivity index (χ3n) is 2.51. The van der Waals surface area contributed by atoms with Gasteiger partial charge in [-0.3, -0.25) is 4.98 Å². The highest BCUT2D eigenvalue weighted by atomic mass is 15.0. The number of pyridine rings is 1. The highest BCUT2D eigenvalue weighted by Gasteiger charge is 2.17. The lowest BCUT2D eigenvalue weighted by atomic mass is 10.0. The summed E-state index contributed by atoms with van der Waals surface area (Å²) in [6.07, 6.45) is 5.50. The fraction of sp³-hybridized carbons (Fsp3) is 0.500. The summed E-state index contributed by atoms with van der Waals surface area (Å²) < 4.78 is 0. The van der Waals surface area contributed by atoms with Gasteiger partial charge in [0.1, 0.15) is 0 Å². The van der Waals surface area contributed by atoms with Crippen molar-refractivity contribution in [2.45, 2.75) is 25.3 Å². The van der Waals surface area contributed by atoms with Gasteiger partial charge in [0.15, 0.2) is 0 Å². The molecule has 3 heteroatoms. The lowest BCUT2D eigenvalue weighted by Crippen LogP contribution is -2.28. The van der Waals surface area contributed by atoms with Crippen molar-refractivity contribution in [1.82, 2.24) is 10.3 Å². The normalized spacial score (nSPS) is 22.9. The van der Waals surface area contributed by atoms with Gasteiger partial charge in [0.05, 0.1) is 17.4 Å². The first-order chi connectivity index (χ1) is 6.38. The Morgan fingerprint density at radius 1 is 1.46 bits per heavy atom. The SMILES string of the molecule is Nc1cccnc1C1CCCCN1. The van der Waals surface area contributed by atoms with Crippen LogP contribution in [0, 0.1) is 0 Å². The first kappa shape index (κ1) is 8.51. The van der Waals surface area contributed by atoms with Crippen LogP contribution in [-0.2, 0) is 0 Å². The zero-order valence-electron chi connectivity index (χ0n) is 7.66. The predicted octanol–water partition coefficient (Wildman–Crippen LogP) is 1.48. The summed E-state index contributed by atoms with van der Waals surface area (Å²) in [5, 5.41) is 3.43. The van der Waals surface area contributed by atoms with Crippen molar-refractivity contribution in [2.75, 3.05) is 12.3 Å². The topological polar surface area (TPSA) is 50.9 Å². The minimum Gasteiger partial charge on any atom is -0.397 e. The van der Waals surface area contributed by atoms with Crippen LogP contribution in [-0.4, -0.2) is 11.5 Å². The number of hydrogen-bond donors (Lipinski definition) is 2. The van der Waals surface area contributed by atoms with Crippen LogP contribution in [0.1, 0.15) is 31.0 Å². The molecule has 1 fully saturated rings. The third kappa shape index (κ3) is 1.80. The standard InChI is InChI=1S/C10H15N3/c11-8-4-3-7-13-10(8)9-5-1-2-6-12-9/h3-4,7,9,12H,1-2,5-6,11H2. The second-order valence-electron chi connectivity index (χ2n) is 3.48. The molecule has 1 aliphatic heterocycles. The summed E-state index contributed by atoms with van der Waals surface area (Å²) in [5.74, 6) is 0. The molecule has 1 aliphatic rings. The van der Waals surface area contributed by atoms with Crippen LogP contribution in [0.5, 0.6) is 0 Å². The first-order valence-electron chi connectivity index (χ1n) is 4.81. The lowest BCUT2D eigenvalue weighted by Gasteiger charge is -2.23. The number of piperidine rings is 1. The zero-order chi connectivity index (χ0) is 9.10. The summed E-state index contributed by atoms with van der Waals surface area (Å²) in [6.45, 7) is 1.08. The molecule has 1 aromatic heterocycles. The Labute approximate surface area is 78.4 Å². The summed E-state index contributed by atoms with van der Waals surface area (Å²) in [7, 11) is 0. The maximum absolute atomic E-state index is 5.85. The molecule has 0 bridgehead atoms. The van der Waals surface area contributed by atoms with E-state index in [1.54, 1.807) is 0 Å². The van der Waals surface area contributed by atoms with Crippen LogP contribution in [0.15, 0.2) is 18.3 Å². The zero-order valence-corrected chi connectivity index (χ0v) is 7.66. The molecule has 13 heavy (non-hydrogen) atoms. The number of nitrogens with two attached hydrogens (primary N) is 1. The van der Waals surface area contributed by atoms with E-state index < -0.39 is 0 Å². The summed E-state index contributed by atoms with van der Waals surface area (Å²) >= 11 is 0. The second kappa shape index (κ2) is 3.75. The number of hydrogen-bond acceptors (Lipinski definition) is 3. The average molecular weight is 177 g/mol. The van der Waals surface area contributed by atoms with E-state index in [1.165, 1.54) is 12.8 Å². The summed E-state index contributed by atoms with van der Waals surface area (Å²) in [4.78, 5) is 4.31. The van der Waals surface area contributed by atoms with E-state index in [0.29, 0.717) is 6.04 Å². The van der Waals surface area contributed by atoms with Crippen molar-refractivity contribution >= 4 is 5.69 Å². The highest BCUT2D eigenvalue weighted by Crippen LogP contribution is 2.24. The van der Waals surface area contributed by atoms with E-state index in [0.717, 1.165) is 24.3 Å². The summed E-state index contributed by atoms with van der Waals surface area (Å²) in [5.41, 5.74) is 7.67. The molecule has 1 saturated heterocycles.